The fraction of sp³-hybridized carbons (Fsp3) is 0.571. The van der Waals surface area contributed by atoms with Crippen molar-refractivity contribution in [2.75, 3.05) is 32.1 Å². The molecule has 0 amide bonds. The Bertz CT molecular complexity index is 471. The Hall–Kier alpha value is -1.27. The van der Waals surface area contributed by atoms with Crippen LogP contribution in [0.1, 0.15) is 17.5 Å². The number of halogens is 3. The minimum absolute atomic E-state index is 0.113. The van der Waals surface area contributed by atoms with Crippen molar-refractivity contribution in [3.8, 4) is 0 Å². The van der Waals surface area contributed by atoms with E-state index in [2.05, 4.69) is 9.80 Å². The van der Waals surface area contributed by atoms with Gasteiger partial charge >= 0.3 is 6.18 Å². The summed E-state index contributed by atoms with van der Waals surface area (Å²) in [7, 11) is 4.04. The lowest BCUT2D eigenvalue weighted by Crippen LogP contribution is -2.31. The third kappa shape index (κ3) is 3.07. The zero-order chi connectivity index (χ0) is 14.9. The van der Waals surface area contributed by atoms with E-state index in [9.17, 15) is 13.2 Å². The zero-order valence-corrected chi connectivity index (χ0v) is 11.7. The maximum absolute atomic E-state index is 12.7. The number of nitrogens with zero attached hydrogens (tertiary/aromatic N) is 2. The van der Waals surface area contributed by atoms with Gasteiger partial charge in [0.2, 0.25) is 0 Å². The normalized spacial score (nSPS) is 19.9. The highest BCUT2D eigenvalue weighted by molar-refractivity contribution is 5.56. The average molecular weight is 287 g/mol. The summed E-state index contributed by atoms with van der Waals surface area (Å²) in [6.45, 7) is 1.79. The number of rotatable bonds is 3. The summed E-state index contributed by atoms with van der Waals surface area (Å²) in [5.74, 6) is 0. The summed E-state index contributed by atoms with van der Waals surface area (Å²) >= 11 is 0. The van der Waals surface area contributed by atoms with Crippen LogP contribution in [0.3, 0.4) is 0 Å². The van der Waals surface area contributed by atoms with Crippen LogP contribution in [0.2, 0.25) is 0 Å². The third-order valence-corrected chi connectivity index (χ3v) is 3.86. The van der Waals surface area contributed by atoms with Crippen molar-refractivity contribution in [3.63, 3.8) is 0 Å². The molecule has 0 bridgehead atoms. The maximum atomic E-state index is 12.7. The number of likely N-dealkylation sites (N-methyl/N-ethyl adjacent to an activating group) is 1. The number of nitrogens with two attached hydrogens (primary N) is 1. The number of hydrogen-bond donors (Lipinski definition) is 1. The van der Waals surface area contributed by atoms with Gasteiger partial charge in [0.25, 0.3) is 0 Å². The van der Waals surface area contributed by atoms with Gasteiger partial charge in [0.1, 0.15) is 0 Å². The molecule has 0 saturated carbocycles. The van der Waals surface area contributed by atoms with E-state index >= 15 is 0 Å². The fourth-order valence-electron chi connectivity index (χ4n) is 2.62. The van der Waals surface area contributed by atoms with E-state index in [1.54, 1.807) is 6.07 Å². The molecule has 0 aromatic heterocycles. The molecule has 1 aromatic carbocycles. The Kier molecular flexibility index (Phi) is 4.25. The van der Waals surface area contributed by atoms with Crippen LogP contribution in [-0.4, -0.2) is 38.1 Å². The van der Waals surface area contributed by atoms with Gasteiger partial charge in [0.15, 0.2) is 0 Å². The lowest BCUT2D eigenvalue weighted by Gasteiger charge is -2.24. The molecular weight excluding hydrogens is 267 g/mol. The minimum atomic E-state index is -4.32. The zero-order valence-electron chi connectivity index (χ0n) is 11.7. The lowest BCUT2D eigenvalue weighted by molar-refractivity contribution is -0.137. The van der Waals surface area contributed by atoms with Gasteiger partial charge in [-0.1, -0.05) is 0 Å². The molecule has 0 aliphatic carbocycles. The van der Waals surface area contributed by atoms with Crippen molar-refractivity contribution >= 4 is 5.69 Å². The molecule has 1 heterocycles. The van der Waals surface area contributed by atoms with Crippen LogP contribution in [-0.2, 0) is 12.7 Å². The van der Waals surface area contributed by atoms with Gasteiger partial charge in [-0.25, -0.2) is 0 Å². The Balaban J connectivity index is 2.25. The highest BCUT2D eigenvalue weighted by atomic mass is 19.4. The predicted molar refractivity (Wildman–Crippen MR) is 73.6 cm³/mol. The smallest absolute Gasteiger partial charge is 0.370 e. The first-order valence-electron chi connectivity index (χ1n) is 6.64. The highest BCUT2D eigenvalue weighted by Crippen LogP contribution is 2.34. The van der Waals surface area contributed by atoms with Gasteiger partial charge in [-0.3, -0.25) is 0 Å². The summed E-state index contributed by atoms with van der Waals surface area (Å²) in [4.78, 5) is 4.26. The lowest BCUT2D eigenvalue weighted by atomic mass is 10.1. The van der Waals surface area contributed by atoms with Gasteiger partial charge in [-0.15, -0.1) is 0 Å². The van der Waals surface area contributed by atoms with E-state index in [4.69, 9.17) is 5.73 Å². The SMILES string of the molecule is CN(C)C1CCN(c2ccc(C(F)(F)F)cc2CN)C1. The van der Waals surface area contributed by atoms with E-state index in [1.807, 2.05) is 14.1 Å². The predicted octanol–water partition coefficient (Wildman–Crippen LogP) is 2.30. The number of hydrogen-bond acceptors (Lipinski definition) is 3. The molecule has 1 atom stereocenters. The largest absolute Gasteiger partial charge is 0.416 e. The second-order valence-corrected chi connectivity index (χ2v) is 5.40. The van der Waals surface area contributed by atoms with E-state index < -0.39 is 11.7 Å². The summed E-state index contributed by atoms with van der Waals surface area (Å²) in [5, 5.41) is 0. The van der Waals surface area contributed by atoms with Crippen LogP contribution < -0.4 is 10.6 Å². The molecule has 3 nitrogen and oxygen atoms in total. The number of anilines is 1. The van der Waals surface area contributed by atoms with Crippen molar-refractivity contribution in [1.82, 2.24) is 4.90 Å². The van der Waals surface area contributed by atoms with E-state index in [-0.39, 0.29) is 6.54 Å². The van der Waals surface area contributed by atoms with Crippen LogP contribution in [0.5, 0.6) is 0 Å². The first-order chi connectivity index (χ1) is 9.32. The van der Waals surface area contributed by atoms with Crippen molar-refractivity contribution < 1.29 is 13.2 Å². The van der Waals surface area contributed by atoms with Crippen molar-refractivity contribution in [2.24, 2.45) is 5.73 Å². The van der Waals surface area contributed by atoms with Crippen molar-refractivity contribution in [2.45, 2.75) is 25.2 Å². The summed E-state index contributed by atoms with van der Waals surface area (Å²) in [5.41, 5.74) is 6.37. The molecule has 1 saturated heterocycles. The highest BCUT2D eigenvalue weighted by Gasteiger charge is 2.32. The molecule has 1 unspecified atom stereocenters. The van der Waals surface area contributed by atoms with Crippen LogP contribution in [0.15, 0.2) is 18.2 Å². The summed E-state index contributed by atoms with van der Waals surface area (Å²) in [6.07, 6.45) is -3.31. The molecule has 1 aromatic rings. The average Bonchev–Trinajstić information content (AvgIpc) is 2.86. The third-order valence-electron chi connectivity index (χ3n) is 3.86. The van der Waals surface area contributed by atoms with Crippen molar-refractivity contribution in [3.05, 3.63) is 29.3 Å². The second-order valence-electron chi connectivity index (χ2n) is 5.40. The van der Waals surface area contributed by atoms with Crippen LogP contribution >= 0.6 is 0 Å². The van der Waals surface area contributed by atoms with Crippen LogP contribution in [0, 0.1) is 0 Å². The number of benzene rings is 1. The Morgan fingerprint density at radius 3 is 2.55 bits per heavy atom. The molecule has 2 rings (SSSR count). The molecule has 0 spiro atoms. The topological polar surface area (TPSA) is 32.5 Å². The molecule has 6 heteroatoms. The Morgan fingerprint density at radius 1 is 1.35 bits per heavy atom. The standard InChI is InChI=1S/C14H20F3N3/c1-19(2)12-5-6-20(9-12)13-4-3-11(14(15,16)17)7-10(13)8-18/h3-4,7,12H,5-6,8-9,18H2,1-2H3. The second kappa shape index (κ2) is 5.61. The number of alkyl halides is 3. The van der Waals surface area contributed by atoms with Gasteiger partial charge < -0.3 is 15.5 Å². The van der Waals surface area contributed by atoms with E-state index in [0.717, 1.165) is 31.3 Å². The maximum Gasteiger partial charge on any atom is 0.416 e. The van der Waals surface area contributed by atoms with Gasteiger partial charge in [-0.2, -0.15) is 13.2 Å². The minimum Gasteiger partial charge on any atom is -0.370 e. The summed E-state index contributed by atoms with van der Waals surface area (Å²) in [6, 6.07) is 4.28. The first-order valence-corrected chi connectivity index (χ1v) is 6.64. The Morgan fingerprint density at radius 2 is 2.05 bits per heavy atom. The molecule has 1 aliphatic heterocycles. The monoisotopic (exact) mass is 287 g/mol. The molecule has 2 N–H and O–H groups in total. The molecule has 0 radical (unpaired) electrons. The Labute approximate surface area is 117 Å². The van der Waals surface area contributed by atoms with Gasteiger partial charge in [0, 0.05) is 31.4 Å². The molecular formula is C14H20F3N3. The van der Waals surface area contributed by atoms with E-state index in [1.165, 1.54) is 6.07 Å². The van der Waals surface area contributed by atoms with Crippen LogP contribution in [0.25, 0.3) is 0 Å². The quantitative estimate of drug-likeness (QED) is 0.926. The van der Waals surface area contributed by atoms with Gasteiger partial charge in [-0.05, 0) is 44.3 Å². The van der Waals surface area contributed by atoms with Gasteiger partial charge in [0.05, 0.1) is 5.56 Å². The van der Waals surface area contributed by atoms with Crippen molar-refractivity contribution in [1.29, 1.82) is 0 Å². The summed E-state index contributed by atoms with van der Waals surface area (Å²) < 4.78 is 38.2. The molecule has 112 valence electrons. The van der Waals surface area contributed by atoms with Crippen LogP contribution in [0.4, 0.5) is 18.9 Å². The fourth-order valence-corrected chi connectivity index (χ4v) is 2.62. The molecule has 20 heavy (non-hydrogen) atoms. The molecule has 1 fully saturated rings. The first kappa shape index (κ1) is 15.1. The molecule has 1 aliphatic rings. The van der Waals surface area contributed by atoms with E-state index in [0.29, 0.717) is 11.6 Å².